The zero-order valence-electron chi connectivity index (χ0n) is 10.7. The molecule has 1 aromatic rings. The van der Waals surface area contributed by atoms with Crippen molar-refractivity contribution in [1.82, 2.24) is 5.32 Å². The molecule has 0 heterocycles. The van der Waals surface area contributed by atoms with E-state index >= 15 is 0 Å². The van der Waals surface area contributed by atoms with Gasteiger partial charge in [0.1, 0.15) is 6.04 Å². The van der Waals surface area contributed by atoms with Gasteiger partial charge < -0.3 is 4.74 Å². The first-order chi connectivity index (χ1) is 8.19. The van der Waals surface area contributed by atoms with Crippen molar-refractivity contribution in [2.75, 3.05) is 20.3 Å². The molecule has 0 saturated carbocycles. The van der Waals surface area contributed by atoms with Crippen molar-refractivity contribution in [3.63, 3.8) is 0 Å². The summed E-state index contributed by atoms with van der Waals surface area (Å²) in [6.07, 6.45) is 0. The van der Waals surface area contributed by atoms with Gasteiger partial charge in [-0.15, -0.1) is 0 Å². The van der Waals surface area contributed by atoms with Gasteiger partial charge in [-0.25, -0.2) is 0 Å². The van der Waals surface area contributed by atoms with Crippen LogP contribution in [0.5, 0.6) is 0 Å². The number of ether oxygens (including phenoxy) is 1. The van der Waals surface area contributed by atoms with Gasteiger partial charge in [-0.2, -0.15) is 5.26 Å². The average molecular weight is 232 g/mol. The number of methoxy groups -OCH3 is 1. The second-order valence-electron chi connectivity index (χ2n) is 4.33. The molecule has 0 fully saturated rings. The summed E-state index contributed by atoms with van der Waals surface area (Å²) in [6.45, 7) is 5.62. The molecule has 3 nitrogen and oxygen atoms in total. The van der Waals surface area contributed by atoms with Crippen molar-refractivity contribution in [2.24, 2.45) is 0 Å². The van der Waals surface area contributed by atoms with Gasteiger partial charge in [0.25, 0.3) is 0 Å². The molecule has 92 valence electrons. The van der Waals surface area contributed by atoms with Gasteiger partial charge in [-0.1, -0.05) is 38.1 Å². The Morgan fingerprint density at radius 1 is 1.24 bits per heavy atom. The molecule has 3 heteroatoms. The van der Waals surface area contributed by atoms with Crippen molar-refractivity contribution in [3.8, 4) is 6.07 Å². The molecule has 1 N–H and O–H groups in total. The molecular weight excluding hydrogens is 212 g/mol. The SMILES string of the molecule is COCCNC(C#N)c1ccc(C(C)C)cc1. The van der Waals surface area contributed by atoms with Crippen LogP contribution in [0.2, 0.25) is 0 Å². The minimum Gasteiger partial charge on any atom is -0.383 e. The standard InChI is InChI=1S/C14H20N2O/c1-11(2)12-4-6-13(7-5-12)14(10-15)16-8-9-17-3/h4-7,11,14,16H,8-9H2,1-3H3. The second kappa shape index (κ2) is 7.05. The summed E-state index contributed by atoms with van der Waals surface area (Å²) in [5.41, 5.74) is 2.30. The van der Waals surface area contributed by atoms with Crippen LogP contribution in [-0.2, 0) is 4.74 Å². The van der Waals surface area contributed by atoms with Gasteiger partial charge in [0.05, 0.1) is 12.7 Å². The third kappa shape index (κ3) is 4.18. The molecule has 0 aliphatic heterocycles. The Hall–Kier alpha value is -1.37. The Morgan fingerprint density at radius 3 is 2.29 bits per heavy atom. The number of nitriles is 1. The van der Waals surface area contributed by atoms with Crippen molar-refractivity contribution < 1.29 is 4.74 Å². The molecule has 1 rings (SSSR count). The van der Waals surface area contributed by atoms with Crippen LogP contribution >= 0.6 is 0 Å². The van der Waals surface area contributed by atoms with Gasteiger partial charge >= 0.3 is 0 Å². The van der Waals surface area contributed by atoms with E-state index in [2.05, 4.69) is 37.4 Å². The lowest BCUT2D eigenvalue weighted by Crippen LogP contribution is -2.23. The number of hydrogen-bond donors (Lipinski definition) is 1. The van der Waals surface area contributed by atoms with E-state index in [4.69, 9.17) is 10.00 Å². The molecule has 0 amide bonds. The number of nitrogens with zero attached hydrogens (tertiary/aromatic N) is 1. The number of benzene rings is 1. The summed E-state index contributed by atoms with van der Waals surface area (Å²) in [5.74, 6) is 0.519. The van der Waals surface area contributed by atoms with E-state index < -0.39 is 0 Å². The Labute approximate surface area is 103 Å². The molecule has 0 spiro atoms. The fraction of sp³-hybridized carbons (Fsp3) is 0.500. The maximum atomic E-state index is 9.10. The van der Waals surface area contributed by atoms with E-state index in [0.717, 1.165) is 5.56 Å². The Morgan fingerprint density at radius 2 is 1.82 bits per heavy atom. The molecule has 0 bridgehead atoms. The Bertz CT molecular complexity index is 365. The molecule has 0 aliphatic rings. The van der Waals surface area contributed by atoms with Crippen LogP contribution in [0.15, 0.2) is 24.3 Å². The highest BCUT2D eigenvalue weighted by Gasteiger charge is 2.09. The van der Waals surface area contributed by atoms with Crippen LogP contribution in [0.4, 0.5) is 0 Å². The van der Waals surface area contributed by atoms with Crippen molar-refractivity contribution in [1.29, 1.82) is 5.26 Å². The van der Waals surface area contributed by atoms with Gasteiger partial charge in [-0.3, -0.25) is 5.32 Å². The van der Waals surface area contributed by atoms with E-state index in [-0.39, 0.29) is 6.04 Å². The second-order valence-corrected chi connectivity index (χ2v) is 4.33. The Kier molecular flexibility index (Phi) is 5.68. The Balaban J connectivity index is 2.66. The molecule has 1 aromatic carbocycles. The van der Waals surface area contributed by atoms with E-state index in [9.17, 15) is 0 Å². The molecule has 1 atom stereocenters. The zero-order chi connectivity index (χ0) is 12.7. The van der Waals surface area contributed by atoms with Crippen molar-refractivity contribution >= 4 is 0 Å². The number of rotatable bonds is 6. The predicted molar refractivity (Wildman–Crippen MR) is 68.8 cm³/mol. The van der Waals surface area contributed by atoms with Crippen molar-refractivity contribution in [3.05, 3.63) is 35.4 Å². The third-order valence-corrected chi connectivity index (χ3v) is 2.72. The van der Waals surface area contributed by atoms with Crippen LogP contribution in [0.3, 0.4) is 0 Å². The van der Waals surface area contributed by atoms with Gasteiger partial charge in [0.2, 0.25) is 0 Å². The maximum Gasteiger partial charge on any atom is 0.121 e. The highest BCUT2D eigenvalue weighted by atomic mass is 16.5. The quantitative estimate of drug-likeness (QED) is 0.767. The summed E-state index contributed by atoms with van der Waals surface area (Å²) < 4.78 is 4.95. The monoisotopic (exact) mass is 232 g/mol. The number of nitrogens with one attached hydrogen (secondary N) is 1. The van der Waals surface area contributed by atoms with Crippen molar-refractivity contribution in [2.45, 2.75) is 25.8 Å². The minimum atomic E-state index is -0.258. The van der Waals surface area contributed by atoms with E-state index in [1.807, 2.05) is 12.1 Å². The summed E-state index contributed by atoms with van der Waals surface area (Å²) in [6, 6.07) is 10.2. The third-order valence-electron chi connectivity index (χ3n) is 2.72. The molecule has 1 unspecified atom stereocenters. The van der Waals surface area contributed by atoms with Gasteiger partial charge in [-0.05, 0) is 17.0 Å². The topological polar surface area (TPSA) is 45.0 Å². The first-order valence-electron chi connectivity index (χ1n) is 5.90. The predicted octanol–water partition coefficient (Wildman–Crippen LogP) is 2.61. The smallest absolute Gasteiger partial charge is 0.121 e. The van der Waals surface area contributed by atoms with E-state index in [1.165, 1.54) is 5.56 Å². The summed E-state index contributed by atoms with van der Waals surface area (Å²) in [4.78, 5) is 0. The summed E-state index contributed by atoms with van der Waals surface area (Å²) >= 11 is 0. The van der Waals surface area contributed by atoms with E-state index in [0.29, 0.717) is 19.1 Å². The maximum absolute atomic E-state index is 9.10. The lowest BCUT2D eigenvalue weighted by atomic mass is 9.99. The first-order valence-corrected chi connectivity index (χ1v) is 5.90. The largest absolute Gasteiger partial charge is 0.383 e. The van der Waals surface area contributed by atoms with Crippen LogP contribution in [0.25, 0.3) is 0 Å². The molecule has 17 heavy (non-hydrogen) atoms. The van der Waals surface area contributed by atoms with Crippen LogP contribution in [-0.4, -0.2) is 20.3 Å². The molecular formula is C14H20N2O. The normalized spacial score (nSPS) is 12.4. The lowest BCUT2D eigenvalue weighted by molar-refractivity contribution is 0.198. The molecule has 0 aromatic heterocycles. The highest BCUT2D eigenvalue weighted by Crippen LogP contribution is 2.18. The fourth-order valence-corrected chi connectivity index (χ4v) is 1.62. The van der Waals surface area contributed by atoms with Crippen LogP contribution in [0.1, 0.15) is 36.9 Å². The summed E-state index contributed by atoms with van der Waals surface area (Å²) in [5, 5.41) is 12.3. The molecule has 0 radical (unpaired) electrons. The minimum absolute atomic E-state index is 0.258. The van der Waals surface area contributed by atoms with Crippen LogP contribution in [0, 0.1) is 11.3 Å². The fourth-order valence-electron chi connectivity index (χ4n) is 1.62. The highest BCUT2D eigenvalue weighted by molar-refractivity contribution is 5.29. The number of hydrogen-bond acceptors (Lipinski definition) is 3. The van der Waals surface area contributed by atoms with Crippen LogP contribution < -0.4 is 5.32 Å². The average Bonchev–Trinajstić information content (AvgIpc) is 2.35. The molecule has 0 aliphatic carbocycles. The summed E-state index contributed by atoms with van der Waals surface area (Å²) in [7, 11) is 1.65. The lowest BCUT2D eigenvalue weighted by Gasteiger charge is -2.13. The zero-order valence-corrected chi connectivity index (χ0v) is 10.7. The molecule has 0 saturated heterocycles. The van der Waals surface area contributed by atoms with Gasteiger partial charge in [0, 0.05) is 13.7 Å². The van der Waals surface area contributed by atoms with Gasteiger partial charge in [0.15, 0.2) is 0 Å². The van der Waals surface area contributed by atoms with E-state index in [1.54, 1.807) is 7.11 Å². The first kappa shape index (κ1) is 13.7.